The fourth-order valence-corrected chi connectivity index (χ4v) is 4.52. The van der Waals surface area contributed by atoms with Crippen molar-refractivity contribution in [3.8, 4) is 0 Å². The summed E-state index contributed by atoms with van der Waals surface area (Å²) >= 11 is 5.49. The zero-order valence-electron chi connectivity index (χ0n) is 16.2. The summed E-state index contributed by atoms with van der Waals surface area (Å²) in [5.41, 5.74) is 4.23. The molecule has 1 atom stereocenters. The van der Waals surface area contributed by atoms with Crippen LogP contribution in [0.2, 0.25) is 0 Å². The molecule has 0 aromatic heterocycles. The van der Waals surface area contributed by atoms with Gasteiger partial charge in [-0.2, -0.15) is 0 Å². The standard InChI is InChI=1S/C22H27BrN2S.BrH/c1-22(2,3)19-11-9-18(10-12-19)16-25(15-17-7-5-4-6-8-17)21-24-14-20(13-23)26-21;/h4-12,20H,13-16H2,1-3H3;1H. The van der Waals surface area contributed by atoms with E-state index in [-0.39, 0.29) is 22.4 Å². The van der Waals surface area contributed by atoms with Crippen molar-refractivity contribution >= 4 is 49.8 Å². The van der Waals surface area contributed by atoms with Gasteiger partial charge in [-0.25, -0.2) is 0 Å². The second-order valence-corrected chi connectivity index (χ2v) is 9.72. The van der Waals surface area contributed by atoms with Gasteiger partial charge in [-0.15, -0.1) is 17.0 Å². The Bertz CT molecular complexity index is 739. The summed E-state index contributed by atoms with van der Waals surface area (Å²) in [6.45, 7) is 9.46. The lowest BCUT2D eigenvalue weighted by atomic mass is 9.87. The van der Waals surface area contributed by atoms with E-state index in [1.54, 1.807) is 0 Å². The Kier molecular flexibility index (Phi) is 8.44. The van der Waals surface area contributed by atoms with Gasteiger partial charge in [-0.3, -0.25) is 4.99 Å². The number of hydrogen-bond donors (Lipinski definition) is 0. The molecular weight excluding hydrogens is 484 g/mol. The summed E-state index contributed by atoms with van der Waals surface area (Å²) in [5, 5.41) is 2.70. The van der Waals surface area contributed by atoms with E-state index < -0.39 is 0 Å². The highest BCUT2D eigenvalue weighted by atomic mass is 79.9. The number of alkyl halides is 1. The molecule has 0 fully saturated rings. The van der Waals surface area contributed by atoms with Crippen molar-refractivity contribution in [1.29, 1.82) is 0 Å². The monoisotopic (exact) mass is 510 g/mol. The minimum absolute atomic E-state index is 0. The van der Waals surface area contributed by atoms with Gasteiger partial charge in [-0.1, -0.05) is 103 Å². The number of hydrogen-bond acceptors (Lipinski definition) is 3. The average Bonchev–Trinajstić information content (AvgIpc) is 3.11. The van der Waals surface area contributed by atoms with Crippen molar-refractivity contribution < 1.29 is 0 Å². The zero-order chi connectivity index (χ0) is 18.6. The van der Waals surface area contributed by atoms with Gasteiger partial charge in [0.1, 0.15) is 0 Å². The topological polar surface area (TPSA) is 15.6 Å². The van der Waals surface area contributed by atoms with Crippen LogP contribution in [0.25, 0.3) is 0 Å². The van der Waals surface area contributed by atoms with Crippen molar-refractivity contribution in [1.82, 2.24) is 4.90 Å². The molecule has 146 valence electrons. The van der Waals surface area contributed by atoms with Crippen molar-refractivity contribution in [3.63, 3.8) is 0 Å². The molecule has 0 N–H and O–H groups in total. The van der Waals surface area contributed by atoms with Crippen LogP contribution in [0, 0.1) is 0 Å². The molecule has 0 saturated heterocycles. The molecule has 0 spiro atoms. The highest BCUT2D eigenvalue weighted by Gasteiger charge is 2.23. The van der Waals surface area contributed by atoms with Crippen molar-refractivity contribution in [3.05, 3.63) is 71.3 Å². The van der Waals surface area contributed by atoms with E-state index in [1.807, 2.05) is 11.8 Å². The van der Waals surface area contributed by atoms with Crippen LogP contribution in [-0.2, 0) is 18.5 Å². The van der Waals surface area contributed by atoms with Crippen LogP contribution in [0.1, 0.15) is 37.5 Å². The lowest BCUT2D eigenvalue weighted by Gasteiger charge is -2.25. The molecule has 1 heterocycles. The van der Waals surface area contributed by atoms with E-state index in [1.165, 1.54) is 21.9 Å². The highest BCUT2D eigenvalue weighted by Crippen LogP contribution is 2.28. The maximum atomic E-state index is 4.81. The molecule has 0 saturated carbocycles. The summed E-state index contributed by atoms with van der Waals surface area (Å²) < 4.78 is 0. The number of nitrogens with zero attached hydrogens (tertiary/aromatic N) is 2. The summed E-state index contributed by atoms with van der Waals surface area (Å²) in [6, 6.07) is 19.7. The zero-order valence-corrected chi connectivity index (χ0v) is 20.3. The average molecular weight is 512 g/mol. The summed E-state index contributed by atoms with van der Waals surface area (Å²) in [5.74, 6) is 0. The number of rotatable bonds is 5. The van der Waals surface area contributed by atoms with E-state index in [0.29, 0.717) is 5.25 Å². The van der Waals surface area contributed by atoms with Gasteiger partial charge in [0.15, 0.2) is 5.17 Å². The Morgan fingerprint density at radius 1 is 1.00 bits per heavy atom. The first-order chi connectivity index (χ1) is 12.5. The van der Waals surface area contributed by atoms with Gasteiger partial charge in [0.05, 0.1) is 6.54 Å². The fourth-order valence-electron chi connectivity index (χ4n) is 2.98. The van der Waals surface area contributed by atoms with E-state index in [2.05, 4.69) is 96.2 Å². The van der Waals surface area contributed by atoms with Gasteiger partial charge in [0, 0.05) is 23.7 Å². The van der Waals surface area contributed by atoms with Crippen LogP contribution in [0.3, 0.4) is 0 Å². The summed E-state index contributed by atoms with van der Waals surface area (Å²) in [4.78, 5) is 7.22. The first kappa shape index (κ1) is 22.5. The van der Waals surface area contributed by atoms with E-state index in [4.69, 9.17) is 4.99 Å². The molecule has 2 aromatic carbocycles. The third-order valence-corrected chi connectivity index (χ3v) is 7.01. The molecule has 0 radical (unpaired) electrons. The van der Waals surface area contributed by atoms with E-state index >= 15 is 0 Å². The SMILES string of the molecule is Br.CC(C)(C)c1ccc(CN(Cc2ccccc2)C2=NCC(CBr)S2)cc1. The number of benzene rings is 2. The molecule has 1 aliphatic rings. The number of halogens is 2. The predicted molar refractivity (Wildman–Crippen MR) is 129 cm³/mol. The smallest absolute Gasteiger partial charge is 0.160 e. The molecule has 2 aromatic rings. The van der Waals surface area contributed by atoms with Crippen LogP contribution in [0.5, 0.6) is 0 Å². The van der Waals surface area contributed by atoms with Gasteiger partial charge >= 0.3 is 0 Å². The number of thioether (sulfide) groups is 1. The maximum Gasteiger partial charge on any atom is 0.160 e. The maximum absolute atomic E-state index is 4.81. The normalized spacial score (nSPS) is 16.6. The van der Waals surface area contributed by atoms with Gasteiger partial charge in [0.25, 0.3) is 0 Å². The summed E-state index contributed by atoms with van der Waals surface area (Å²) in [6.07, 6.45) is 0. The van der Waals surface area contributed by atoms with Crippen LogP contribution < -0.4 is 0 Å². The molecule has 5 heteroatoms. The van der Waals surface area contributed by atoms with E-state index in [0.717, 1.165) is 25.0 Å². The highest BCUT2D eigenvalue weighted by molar-refractivity contribution is 9.09. The Hall–Kier alpha value is -0.780. The number of aliphatic imine (C=N–C) groups is 1. The molecule has 0 amide bonds. The molecule has 2 nitrogen and oxygen atoms in total. The van der Waals surface area contributed by atoms with Crippen molar-refractivity contribution in [2.75, 3.05) is 11.9 Å². The predicted octanol–water partition coefficient (Wildman–Crippen LogP) is 6.43. The lowest BCUT2D eigenvalue weighted by molar-refractivity contribution is 0.414. The van der Waals surface area contributed by atoms with Crippen LogP contribution >= 0.6 is 44.7 Å². The molecule has 27 heavy (non-hydrogen) atoms. The van der Waals surface area contributed by atoms with Crippen LogP contribution in [-0.4, -0.2) is 27.2 Å². The minimum atomic E-state index is 0. The number of amidine groups is 1. The molecule has 0 aliphatic carbocycles. The Labute approximate surface area is 186 Å². The quantitative estimate of drug-likeness (QED) is 0.429. The third-order valence-electron chi connectivity index (χ3n) is 4.55. The first-order valence-corrected chi connectivity index (χ1v) is 11.1. The van der Waals surface area contributed by atoms with Crippen LogP contribution in [0.4, 0.5) is 0 Å². The minimum Gasteiger partial charge on any atom is -0.343 e. The molecule has 3 rings (SSSR count). The largest absolute Gasteiger partial charge is 0.343 e. The van der Waals surface area contributed by atoms with Crippen LogP contribution in [0.15, 0.2) is 59.6 Å². The first-order valence-electron chi connectivity index (χ1n) is 9.11. The van der Waals surface area contributed by atoms with Crippen molar-refractivity contribution in [2.45, 2.75) is 44.5 Å². The van der Waals surface area contributed by atoms with Gasteiger partial charge in [-0.05, 0) is 22.1 Å². The third kappa shape index (κ3) is 6.37. The second-order valence-electron chi connectivity index (χ2n) is 7.81. The van der Waals surface area contributed by atoms with Gasteiger partial charge < -0.3 is 4.90 Å². The lowest BCUT2D eigenvalue weighted by Crippen LogP contribution is -2.27. The fraction of sp³-hybridized carbons (Fsp3) is 0.409. The molecule has 1 unspecified atom stereocenters. The molecule has 0 bridgehead atoms. The van der Waals surface area contributed by atoms with Crippen molar-refractivity contribution in [2.24, 2.45) is 4.99 Å². The second kappa shape index (κ2) is 10.1. The molecular formula is C22H28Br2N2S. The Morgan fingerprint density at radius 3 is 2.11 bits per heavy atom. The van der Waals surface area contributed by atoms with E-state index in [9.17, 15) is 0 Å². The Morgan fingerprint density at radius 2 is 1.59 bits per heavy atom. The molecule has 1 aliphatic heterocycles. The Balaban J connectivity index is 0.00000261. The summed E-state index contributed by atoms with van der Waals surface area (Å²) in [7, 11) is 0. The van der Waals surface area contributed by atoms with Gasteiger partial charge in [0.2, 0.25) is 0 Å².